The SMILES string of the molecule is Cc1cc(NC(=O)C(C)(C)C)sc1C(=O)OCC(=O)Nc1cccc(C)c1C. The van der Waals surface area contributed by atoms with Gasteiger partial charge >= 0.3 is 5.97 Å². The van der Waals surface area contributed by atoms with Gasteiger partial charge in [-0.3, -0.25) is 9.59 Å². The molecule has 0 saturated heterocycles. The first-order valence-electron chi connectivity index (χ1n) is 8.94. The van der Waals surface area contributed by atoms with Gasteiger partial charge in [0.2, 0.25) is 5.91 Å². The highest BCUT2D eigenvalue weighted by atomic mass is 32.1. The smallest absolute Gasteiger partial charge is 0.349 e. The molecule has 2 rings (SSSR count). The van der Waals surface area contributed by atoms with Crippen LogP contribution in [0.1, 0.15) is 47.1 Å². The van der Waals surface area contributed by atoms with E-state index < -0.39 is 17.3 Å². The van der Waals surface area contributed by atoms with Crippen LogP contribution in [0.25, 0.3) is 0 Å². The molecule has 2 N–H and O–H groups in total. The van der Waals surface area contributed by atoms with Crippen LogP contribution in [0, 0.1) is 26.2 Å². The second kappa shape index (κ2) is 8.56. The highest BCUT2D eigenvalue weighted by Crippen LogP contribution is 2.29. The molecule has 7 heteroatoms. The zero-order chi connectivity index (χ0) is 21.1. The number of carbonyl (C=O) groups is 3. The van der Waals surface area contributed by atoms with Crippen LogP contribution in [0.4, 0.5) is 10.7 Å². The third kappa shape index (κ3) is 5.42. The van der Waals surface area contributed by atoms with E-state index in [0.717, 1.165) is 22.5 Å². The van der Waals surface area contributed by atoms with Crippen LogP contribution in [-0.4, -0.2) is 24.4 Å². The van der Waals surface area contributed by atoms with E-state index in [4.69, 9.17) is 4.74 Å². The number of benzene rings is 1. The zero-order valence-electron chi connectivity index (χ0n) is 17.1. The van der Waals surface area contributed by atoms with Crippen LogP contribution < -0.4 is 10.6 Å². The second-order valence-electron chi connectivity index (χ2n) is 7.70. The molecular weight excluding hydrogens is 376 g/mol. The van der Waals surface area contributed by atoms with Gasteiger partial charge in [0.05, 0.1) is 5.00 Å². The molecule has 1 heterocycles. The summed E-state index contributed by atoms with van der Waals surface area (Å²) in [5.41, 5.74) is 2.88. The highest BCUT2D eigenvalue weighted by molar-refractivity contribution is 7.18. The fourth-order valence-electron chi connectivity index (χ4n) is 2.32. The van der Waals surface area contributed by atoms with Crippen molar-refractivity contribution < 1.29 is 19.1 Å². The number of hydrogen-bond donors (Lipinski definition) is 2. The topological polar surface area (TPSA) is 84.5 Å². The second-order valence-corrected chi connectivity index (χ2v) is 8.75. The Labute approximate surface area is 169 Å². The average molecular weight is 403 g/mol. The molecule has 0 saturated carbocycles. The number of ether oxygens (including phenoxy) is 1. The van der Waals surface area contributed by atoms with Gasteiger partial charge in [0, 0.05) is 11.1 Å². The number of nitrogens with one attached hydrogen (secondary N) is 2. The predicted molar refractivity (Wildman–Crippen MR) is 112 cm³/mol. The summed E-state index contributed by atoms with van der Waals surface area (Å²) in [5, 5.41) is 6.12. The van der Waals surface area contributed by atoms with Gasteiger partial charge in [-0.05, 0) is 49.6 Å². The van der Waals surface area contributed by atoms with E-state index in [-0.39, 0.29) is 12.5 Å². The van der Waals surface area contributed by atoms with Crippen molar-refractivity contribution in [3.63, 3.8) is 0 Å². The molecule has 0 aliphatic heterocycles. The van der Waals surface area contributed by atoms with Crippen molar-refractivity contribution in [1.29, 1.82) is 0 Å². The molecule has 0 fully saturated rings. The molecule has 0 bridgehead atoms. The average Bonchev–Trinajstić information content (AvgIpc) is 2.96. The maximum Gasteiger partial charge on any atom is 0.349 e. The number of amides is 2. The fourth-order valence-corrected chi connectivity index (χ4v) is 3.28. The summed E-state index contributed by atoms with van der Waals surface area (Å²) in [6, 6.07) is 7.34. The van der Waals surface area contributed by atoms with E-state index in [1.54, 1.807) is 19.1 Å². The number of anilines is 2. The van der Waals surface area contributed by atoms with Crippen LogP contribution >= 0.6 is 11.3 Å². The minimum atomic E-state index is -0.588. The summed E-state index contributed by atoms with van der Waals surface area (Å²) in [4.78, 5) is 36.9. The maximum atomic E-state index is 12.3. The monoisotopic (exact) mass is 402 g/mol. The minimum Gasteiger partial charge on any atom is -0.451 e. The number of esters is 1. The Morgan fingerprint density at radius 1 is 1.04 bits per heavy atom. The number of rotatable bonds is 5. The summed E-state index contributed by atoms with van der Waals surface area (Å²) < 4.78 is 5.15. The molecular formula is C21H26N2O4S. The van der Waals surface area contributed by atoms with Crippen molar-refractivity contribution in [3.8, 4) is 0 Å². The standard InChI is InChI=1S/C21H26N2O4S/c1-12-8-7-9-15(14(12)3)22-16(24)11-27-19(25)18-13(2)10-17(28-18)23-20(26)21(4,5)6/h7-10H,11H2,1-6H3,(H,22,24)(H,23,26). The summed E-state index contributed by atoms with van der Waals surface area (Å²) in [6.45, 7) is 10.7. The van der Waals surface area contributed by atoms with Crippen LogP contribution in [0.2, 0.25) is 0 Å². The Morgan fingerprint density at radius 3 is 2.36 bits per heavy atom. The maximum absolute atomic E-state index is 12.3. The highest BCUT2D eigenvalue weighted by Gasteiger charge is 2.23. The van der Waals surface area contributed by atoms with Gasteiger partial charge < -0.3 is 15.4 Å². The first-order chi connectivity index (χ1) is 13.0. The normalized spacial score (nSPS) is 11.1. The number of thiophene rings is 1. The number of aryl methyl sites for hydroxylation is 2. The largest absolute Gasteiger partial charge is 0.451 e. The van der Waals surface area contributed by atoms with Crippen LogP contribution in [0.15, 0.2) is 24.3 Å². The molecule has 1 aromatic heterocycles. The van der Waals surface area contributed by atoms with Crippen LogP contribution in [0.3, 0.4) is 0 Å². The Balaban J connectivity index is 1.97. The van der Waals surface area contributed by atoms with E-state index in [9.17, 15) is 14.4 Å². The van der Waals surface area contributed by atoms with Gasteiger partial charge in [-0.25, -0.2) is 4.79 Å². The molecule has 0 aliphatic carbocycles. The molecule has 150 valence electrons. The van der Waals surface area contributed by atoms with Crippen molar-refractivity contribution in [2.24, 2.45) is 5.41 Å². The lowest BCUT2D eigenvalue weighted by Crippen LogP contribution is -2.27. The molecule has 0 aliphatic rings. The molecule has 0 spiro atoms. The van der Waals surface area contributed by atoms with Gasteiger partial charge in [0.1, 0.15) is 4.88 Å². The summed E-state index contributed by atoms with van der Waals surface area (Å²) in [5.74, 6) is -1.13. The lowest BCUT2D eigenvalue weighted by molar-refractivity contribution is -0.123. The zero-order valence-corrected chi connectivity index (χ0v) is 17.9. The lowest BCUT2D eigenvalue weighted by atomic mass is 9.96. The van der Waals surface area contributed by atoms with Gasteiger partial charge in [-0.1, -0.05) is 32.9 Å². The van der Waals surface area contributed by atoms with E-state index in [2.05, 4.69) is 10.6 Å². The van der Waals surface area contributed by atoms with Gasteiger partial charge in [-0.2, -0.15) is 0 Å². The molecule has 0 unspecified atom stereocenters. The molecule has 0 radical (unpaired) electrons. The first kappa shape index (κ1) is 21.6. The first-order valence-corrected chi connectivity index (χ1v) is 9.75. The van der Waals surface area contributed by atoms with Gasteiger partial charge in [0.15, 0.2) is 6.61 Å². The molecule has 28 heavy (non-hydrogen) atoms. The molecule has 2 amide bonds. The van der Waals surface area contributed by atoms with E-state index >= 15 is 0 Å². The molecule has 0 atom stereocenters. The Bertz CT molecular complexity index is 910. The molecule has 1 aromatic carbocycles. The van der Waals surface area contributed by atoms with Crippen molar-refractivity contribution in [1.82, 2.24) is 0 Å². The van der Waals surface area contributed by atoms with Crippen molar-refractivity contribution in [3.05, 3.63) is 45.8 Å². The fraction of sp³-hybridized carbons (Fsp3) is 0.381. The molecule has 6 nitrogen and oxygen atoms in total. The minimum absolute atomic E-state index is 0.137. The number of carbonyl (C=O) groups excluding carboxylic acids is 3. The van der Waals surface area contributed by atoms with Crippen LogP contribution in [0.5, 0.6) is 0 Å². The quantitative estimate of drug-likeness (QED) is 0.724. The van der Waals surface area contributed by atoms with E-state index in [0.29, 0.717) is 21.1 Å². The summed E-state index contributed by atoms with van der Waals surface area (Å²) in [6.07, 6.45) is 0. The van der Waals surface area contributed by atoms with E-state index in [1.165, 1.54) is 0 Å². The number of hydrogen-bond acceptors (Lipinski definition) is 5. The van der Waals surface area contributed by atoms with Crippen molar-refractivity contribution in [2.75, 3.05) is 17.2 Å². The third-order valence-electron chi connectivity index (χ3n) is 4.23. The Kier molecular flexibility index (Phi) is 6.61. The van der Waals surface area contributed by atoms with Crippen molar-refractivity contribution in [2.45, 2.75) is 41.5 Å². The molecule has 2 aromatic rings. The Hall–Kier alpha value is -2.67. The summed E-state index contributed by atoms with van der Waals surface area (Å²) in [7, 11) is 0. The van der Waals surface area contributed by atoms with Crippen LogP contribution in [-0.2, 0) is 14.3 Å². The lowest BCUT2D eigenvalue weighted by Gasteiger charge is -2.16. The third-order valence-corrected chi connectivity index (χ3v) is 5.37. The van der Waals surface area contributed by atoms with Gasteiger partial charge in [-0.15, -0.1) is 11.3 Å². The van der Waals surface area contributed by atoms with E-state index in [1.807, 2.05) is 46.8 Å². The summed E-state index contributed by atoms with van der Waals surface area (Å²) >= 11 is 1.13. The predicted octanol–water partition coefficient (Wildman–Crippen LogP) is 4.45. The van der Waals surface area contributed by atoms with Gasteiger partial charge in [0.25, 0.3) is 5.91 Å². The Morgan fingerprint density at radius 2 is 1.71 bits per heavy atom. The van der Waals surface area contributed by atoms with Crippen molar-refractivity contribution >= 4 is 39.8 Å².